The predicted molar refractivity (Wildman–Crippen MR) is 108 cm³/mol. The van der Waals surface area contributed by atoms with Crippen molar-refractivity contribution < 1.29 is 14.3 Å². The van der Waals surface area contributed by atoms with E-state index < -0.39 is 0 Å². The number of ether oxygens (including phenoxy) is 1. The number of hydrogen-bond acceptors (Lipinski definition) is 5. The van der Waals surface area contributed by atoms with Gasteiger partial charge in [-0.05, 0) is 13.0 Å². The van der Waals surface area contributed by atoms with E-state index in [2.05, 4.69) is 4.90 Å². The summed E-state index contributed by atoms with van der Waals surface area (Å²) >= 11 is 8.03. The van der Waals surface area contributed by atoms with Crippen molar-refractivity contribution >= 4 is 35.2 Å². The summed E-state index contributed by atoms with van der Waals surface area (Å²) in [5, 5.41) is 0.604. The van der Waals surface area contributed by atoms with Gasteiger partial charge in [0.25, 0.3) is 0 Å². The highest BCUT2D eigenvalue weighted by Crippen LogP contribution is 2.44. The first-order valence-corrected chi connectivity index (χ1v) is 10.5. The molecule has 2 heterocycles. The van der Waals surface area contributed by atoms with Crippen molar-refractivity contribution in [2.75, 3.05) is 53.0 Å². The molecule has 2 saturated heterocycles. The van der Waals surface area contributed by atoms with E-state index in [1.54, 1.807) is 11.8 Å². The number of carbonyl (C=O) groups is 2. The summed E-state index contributed by atoms with van der Waals surface area (Å²) < 4.78 is 4.92. The molecule has 0 saturated carbocycles. The number of benzene rings is 1. The van der Waals surface area contributed by atoms with E-state index in [1.165, 1.54) is 7.11 Å². The molecule has 2 fully saturated rings. The van der Waals surface area contributed by atoms with Gasteiger partial charge in [-0.1, -0.05) is 29.8 Å². The Hall–Kier alpha value is -1.28. The van der Waals surface area contributed by atoms with Gasteiger partial charge in [-0.15, -0.1) is 11.8 Å². The number of amides is 2. The second kappa shape index (κ2) is 9.28. The summed E-state index contributed by atoms with van der Waals surface area (Å²) in [7, 11) is 1.54. The minimum Gasteiger partial charge on any atom is -0.375 e. The van der Waals surface area contributed by atoms with E-state index in [4.69, 9.17) is 16.3 Å². The van der Waals surface area contributed by atoms with Crippen LogP contribution in [0.2, 0.25) is 5.02 Å². The highest BCUT2D eigenvalue weighted by Gasteiger charge is 2.39. The number of methoxy groups -OCH3 is 1. The molecule has 2 amide bonds. The highest BCUT2D eigenvalue weighted by atomic mass is 35.5. The first-order valence-electron chi connectivity index (χ1n) is 9.20. The lowest BCUT2D eigenvalue weighted by Gasteiger charge is -2.36. The normalized spacial score (nSPS) is 23.9. The van der Waals surface area contributed by atoms with Gasteiger partial charge in [-0.3, -0.25) is 14.5 Å². The Morgan fingerprint density at radius 2 is 1.93 bits per heavy atom. The Morgan fingerprint density at radius 3 is 2.59 bits per heavy atom. The molecule has 8 heteroatoms. The third kappa shape index (κ3) is 4.77. The molecule has 0 bridgehead atoms. The van der Waals surface area contributed by atoms with Crippen molar-refractivity contribution in [3.8, 4) is 0 Å². The maximum Gasteiger partial charge on any atom is 0.248 e. The largest absolute Gasteiger partial charge is 0.375 e. The van der Waals surface area contributed by atoms with E-state index in [0.717, 1.165) is 25.2 Å². The van der Waals surface area contributed by atoms with Crippen LogP contribution >= 0.6 is 23.4 Å². The monoisotopic (exact) mass is 411 g/mol. The number of halogens is 1. The van der Waals surface area contributed by atoms with Crippen LogP contribution in [-0.2, 0) is 14.3 Å². The average molecular weight is 412 g/mol. The Balaban J connectivity index is 1.57. The minimum absolute atomic E-state index is 0.0363. The van der Waals surface area contributed by atoms with Gasteiger partial charge in [0, 0.05) is 57.0 Å². The van der Waals surface area contributed by atoms with Crippen LogP contribution in [-0.4, -0.2) is 84.7 Å². The van der Waals surface area contributed by atoms with Gasteiger partial charge < -0.3 is 14.5 Å². The molecule has 0 aliphatic carbocycles. The number of thioether (sulfide) groups is 1. The Bertz CT molecular complexity index is 682. The van der Waals surface area contributed by atoms with Gasteiger partial charge in [-0.25, -0.2) is 0 Å². The van der Waals surface area contributed by atoms with E-state index in [-0.39, 0.29) is 29.0 Å². The summed E-state index contributed by atoms with van der Waals surface area (Å²) in [4.78, 5) is 30.6. The van der Waals surface area contributed by atoms with Gasteiger partial charge >= 0.3 is 0 Å². The molecule has 2 atom stereocenters. The van der Waals surface area contributed by atoms with Gasteiger partial charge in [0.05, 0.1) is 5.25 Å². The van der Waals surface area contributed by atoms with Crippen molar-refractivity contribution in [3.05, 3.63) is 34.9 Å². The summed E-state index contributed by atoms with van der Waals surface area (Å²) in [6.45, 7) is 6.59. The smallest absolute Gasteiger partial charge is 0.248 e. The van der Waals surface area contributed by atoms with Crippen LogP contribution in [0.4, 0.5) is 0 Å². The highest BCUT2D eigenvalue weighted by molar-refractivity contribution is 8.01. The molecule has 6 nitrogen and oxygen atoms in total. The zero-order valence-electron chi connectivity index (χ0n) is 15.8. The molecule has 0 spiro atoms. The SMILES string of the molecule is COCC(=O)N1CCN(CCN2C(=O)[C@@H](C)S[C@H]2c2ccccc2Cl)CC1. The van der Waals surface area contributed by atoms with Crippen molar-refractivity contribution in [3.63, 3.8) is 0 Å². The van der Waals surface area contributed by atoms with Crippen molar-refractivity contribution in [1.82, 2.24) is 14.7 Å². The standard InChI is InChI=1S/C19H26ClN3O3S/c1-14-18(25)23(19(27-14)15-5-3-4-6-16(15)20)12-9-21-7-10-22(11-8-21)17(24)13-26-2/h3-6,14,19H,7-13H2,1-2H3/t14-,19+/m1/s1. The second-order valence-electron chi connectivity index (χ2n) is 6.84. The first kappa shape index (κ1) is 20.5. The molecule has 0 radical (unpaired) electrons. The molecule has 3 rings (SSSR count). The Labute approximate surface area is 169 Å². The maximum absolute atomic E-state index is 12.7. The summed E-state index contributed by atoms with van der Waals surface area (Å²) in [5.41, 5.74) is 0.997. The molecule has 0 unspecified atom stereocenters. The van der Waals surface area contributed by atoms with Crippen LogP contribution in [0.25, 0.3) is 0 Å². The Morgan fingerprint density at radius 1 is 1.22 bits per heavy atom. The molecule has 27 heavy (non-hydrogen) atoms. The summed E-state index contributed by atoms with van der Waals surface area (Å²) in [6, 6.07) is 7.74. The van der Waals surface area contributed by atoms with Crippen molar-refractivity contribution in [2.24, 2.45) is 0 Å². The number of piperazine rings is 1. The molecule has 2 aliphatic heterocycles. The minimum atomic E-state index is -0.0604. The third-order valence-electron chi connectivity index (χ3n) is 5.07. The second-order valence-corrected chi connectivity index (χ2v) is 8.67. The lowest BCUT2D eigenvalue weighted by molar-refractivity contribution is -0.136. The fourth-order valence-corrected chi connectivity index (χ4v) is 5.15. The fraction of sp³-hybridized carbons (Fsp3) is 0.579. The lowest BCUT2D eigenvalue weighted by atomic mass is 10.2. The lowest BCUT2D eigenvalue weighted by Crippen LogP contribution is -2.51. The number of hydrogen-bond donors (Lipinski definition) is 0. The topological polar surface area (TPSA) is 53.1 Å². The molecule has 2 aliphatic rings. The van der Waals surface area contributed by atoms with E-state index in [9.17, 15) is 9.59 Å². The molecule has 1 aromatic carbocycles. The van der Waals surface area contributed by atoms with Gasteiger partial charge in [0.2, 0.25) is 11.8 Å². The van der Waals surface area contributed by atoms with Crippen LogP contribution in [0.5, 0.6) is 0 Å². The van der Waals surface area contributed by atoms with E-state index in [0.29, 0.717) is 24.7 Å². The molecular weight excluding hydrogens is 386 g/mol. The predicted octanol–water partition coefficient (Wildman–Crippen LogP) is 2.09. The fourth-order valence-electron chi connectivity index (χ4n) is 3.50. The molecule has 148 valence electrons. The number of carbonyl (C=O) groups excluding carboxylic acids is 2. The zero-order valence-corrected chi connectivity index (χ0v) is 17.3. The molecule has 1 aromatic rings. The van der Waals surface area contributed by atoms with Crippen molar-refractivity contribution in [2.45, 2.75) is 17.5 Å². The number of nitrogens with zero attached hydrogens (tertiary/aromatic N) is 3. The van der Waals surface area contributed by atoms with Crippen molar-refractivity contribution in [1.29, 1.82) is 0 Å². The van der Waals surface area contributed by atoms with Crippen LogP contribution in [0.1, 0.15) is 17.9 Å². The molecule has 0 N–H and O–H groups in total. The van der Waals surface area contributed by atoms with Gasteiger partial charge in [-0.2, -0.15) is 0 Å². The quantitative estimate of drug-likeness (QED) is 0.717. The van der Waals surface area contributed by atoms with Gasteiger partial charge in [0.1, 0.15) is 12.0 Å². The molecule has 0 aromatic heterocycles. The summed E-state index contributed by atoms with van der Waals surface area (Å²) in [5.74, 6) is 0.203. The average Bonchev–Trinajstić information content (AvgIpc) is 2.95. The van der Waals surface area contributed by atoms with Crippen LogP contribution in [0, 0.1) is 0 Å². The zero-order chi connectivity index (χ0) is 19.4. The van der Waals surface area contributed by atoms with E-state index >= 15 is 0 Å². The van der Waals surface area contributed by atoms with Gasteiger partial charge in [0.15, 0.2) is 0 Å². The number of rotatable bonds is 6. The van der Waals surface area contributed by atoms with Crippen LogP contribution in [0.3, 0.4) is 0 Å². The summed E-state index contributed by atoms with van der Waals surface area (Å²) in [6.07, 6.45) is 0. The van der Waals surface area contributed by atoms with Crippen LogP contribution < -0.4 is 0 Å². The van der Waals surface area contributed by atoms with E-state index in [1.807, 2.05) is 41.0 Å². The third-order valence-corrected chi connectivity index (χ3v) is 6.79. The van der Waals surface area contributed by atoms with Crippen LogP contribution in [0.15, 0.2) is 24.3 Å². The molecular formula is C19H26ClN3O3S. The maximum atomic E-state index is 12.7. The first-order chi connectivity index (χ1) is 13.0. The Kier molecular flexibility index (Phi) is 7.03.